The van der Waals surface area contributed by atoms with E-state index < -0.39 is 70.1 Å². The summed E-state index contributed by atoms with van der Waals surface area (Å²) in [7, 11) is -4.13. The summed E-state index contributed by atoms with van der Waals surface area (Å²) in [6, 6.07) is -0.634. The van der Waals surface area contributed by atoms with E-state index in [-0.39, 0.29) is 63.2 Å². The summed E-state index contributed by atoms with van der Waals surface area (Å²) in [5.41, 5.74) is 0. The van der Waals surface area contributed by atoms with Crippen molar-refractivity contribution in [1.29, 1.82) is 0 Å². The lowest BCUT2D eigenvalue weighted by Gasteiger charge is -2.49. The minimum absolute atomic E-state index is 0.0832. The number of ether oxygens (including phenoxy) is 2. The third-order valence-corrected chi connectivity index (χ3v) is 11.6. The minimum Gasteiger partial charge on any atom is -0.481 e. The summed E-state index contributed by atoms with van der Waals surface area (Å²) in [4.78, 5) is 11.1. The summed E-state index contributed by atoms with van der Waals surface area (Å²) in [5, 5.41) is 7.62. The molecule has 0 aromatic heterocycles. The predicted octanol–water partition coefficient (Wildman–Crippen LogP) is 5.05. The standard InChI is InChI=1S/C25H38ClF4NO6S/c26-20-5-2-6-21(27)19(20)14-36-16-7-9-23-22(12-16)31(13-17(37-23)8-10-24(32)33)38(34,35)18-4-1-3-15(11-18)25(28,29)30/h15-23H,1-14H2,(H,32,33)/t15?,16?,17-,18?,19?,20?,21?,22?,23?/m0/s1. The van der Waals surface area contributed by atoms with Crippen LogP contribution in [0.25, 0.3) is 0 Å². The zero-order valence-corrected chi connectivity index (χ0v) is 22.9. The molecule has 9 atom stereocenters. The summed E-state index contributed by atoms with van der Waals surface area (Å²) >= 11 is 6.34. The maximum absolute atomic E-state index is 14.4. The van der Waals surface area contributed by atoms with E-state index in [1.165, 1.54) is 4.31 Å². The quantitative estimate of drug-likeness (QED) is 0.313. The number of carboxylic acids is 1. The summed E-state index contributed by atoms with van der Waals surface area (Å²) in [5.74, 6) is -3.13. The van der Waals surface area contributed by atoms with Crippen molar-refractivity contribution < 1.29 is 45.4 Å². The molecule has 4 rings (SSSR count). The Morgan fingerprint density at radius 2 is 1.82 bits per heavy atom. The largest absolute Gasteiger partial charge is 0.481 e. The molecule has 0 bridgehead atoms. The van der Waals surface area contributed by atoms with Crippen LogP contribution < -0.4 is 0 Å². The van der Waals surface area contributed by atoms with E-state index in [0.717, 1.165) is 6.42 Å². The molecule has 0 aromatic rings. The molecule has 0 radical (unpaired) electrons. The van der Waals surface area contributed by atoms with Crippen molar-refractivity contribution in [3.63, 3.8) is 0 Å². The van der Waals surface area contributed by atoms with Crippen LogP contribution in [0.4, 0.5) is 17.6 Å². The zero-order valence-electron chi connectivity index (χ0n) is 21.3. The van der Waals surface area contributed by atoms with Crippen LogP contribution in [0.1, 0.15) is 77.0 Å². The minimum atomic E-state index is -4.46. The van der Waals surface area contributed by atoms with Crippen LogP contribution in [0.5, 0.6) is 0 Å². The van der Waals surface area contributed by atoms with Gasteiger partial charge in [-0.3, -0.25) is 4.79 Å². The molecule has 8 unspecified atom stereocenters. The van der Waals surface area contributed by atoms with Gasteiger partial charge in [-0.05, 0) is 64.2 Å². The van der Waals surface area contributed by atoms with Gasteiger partial charge in [0.2, 0.25) is 10.0 Å². The smallest absolute Gasteiger partial charge is 0.391 e. The summed E-state index contributed by atoms with van der Waals surface area (Å²) < 4.78 is 95.9. The van der Waals surface area contributed by atoms with Crippen molar-refractivity contribution >= 4 is 27.6 Å². The second kappa shape index (κ2) is 12.4. The topological polar surface area (TPSA) is 93.1 Å². The molecule has 4 fully saturated rings. The first-order chi connectivity index (χ1) is 17.9. The normalized spacial score (nSPS) is 39.4. The van der Waals surface area contributed by atoms with Crippen LogP contribution >= 0.6 is 11.6 Å². The van der Waals surface area contributed by atoms with Gasteiger partial charge < -0.3 is 14.6 Å². The molecule has 1 N–H and O–H groups in total. The van der Waals surface area contributed by atoms with Gasteiger partial charge in [0.1, 0.15) is 6.17 Å². The first-order valence-electron chi connectivity index (χ1n) is 13.7. The molecule has 0 aromatic carbocycles. The maximum Gasteiger partial charge on any atom is 0.391 e. The number of hydrogen-bond donors (Lipinski definition) is 1. The molecule has 0 amide bonds. The Hall–Kier alpha value is -0.690. The Labute approximate surface area is 226 Å². The highest BCUT2D eigenvalue weighted by molar-refractivity contribution is 7.89. The van der Waals surface area contributed by atoms with Crippen LogP contribution in [0, 0.1) is 11.8 Å². The zero-order chi connectivity index (χ0) is 27.7. The number of carbonyl (C=O) groups is 1. The Balaban J connectivity index is 1.49. The third kappa shape index (κ3) is 7.14. The summed E-state index contributed by atoms with van der Waals surface area (Å²) in [6.07, 6.45) is -4.21. The van der Waals surface area contributed by atoms with Gasteiger partial charge in [0.15, 0.2) is 0 Å². The van der Waals surface area contributed by atoms with Crippen molar-refractivity contribution in [3.8, 4) is 0 Å². The maximum atomic E-state index is 14.4. The lowest BCUT2D eigenvalue weighted by molar-refractivity contribution is -0.181. The van der Waals surface area contributed by atoms with Crippen molar-refractivity contribution in [1.82, 2.24) is 4.31 Å². The Kier molecular flexibility index (Phi) is 9.92. The van der Waals surface area contributed by atoms with E-state index in [2.05, 4.69) is 0 Å². The highest BCUT2D eigenvalue weighted by atomic mass is 35.5. The number of aliphatic carboxylic acids is 1. The van der Waals surface area contributed by atoms with Crippen molar-refractivity contribution in [3.05, 3.63) is 0 Å². The molecule has 13 heteroatoms. The monoisotopic (exact) mass is 591 g/mol. The summed E-state index contributed by atoms with van der Waals surface area (Å²) in [6.45, 7) is 0.0255. The first kappa shape index (κ1) is 30.3. The van der Waals surface area contributed by atoms with E-state index in [4.69, 9.17) is 26.2 Å². The Morgan fingerprint density at radius 1 is 1.08 bits per heavy atom. The number of carboxylic acid groups (broad SMARTS) is 1. The van der Waals surface area contributed by atoms with E-state index >= 15 is 0 Å². The SMILES string of the molecule is O=C(O)CC[C@H]1CN(S(=O)(=O)C2CCCC(C(F)(F)F)C2)C2CC(OCC3C(F)CCCC3Cl)CCC2O1. The predicted molar refractivity (Wildman–Crippen MR) is 132 cm³/mol. The van der Waals surface area contributed by atoms with Gasteiger partial charge in [-0.15, -0.1) is 11.6 Å². The number of alkyl halides is 5. The molecule has 1 aliphatic heterocycles. The van der Waals surface area contributed by atoms with Gasteiger partial charge in [0.05, 0.1) is 42.1 Å². The van der Waals surface area contributed by atoms with Crippen molar-refractivity contribution in [2.45, 2.75) is 124 Å². The van der Waals surface area contributed by atoms with Gasteiger partial charge in [-0.2, -0.15) is 17.5 Å². The Morgan fingerprint density at radius 3 is 2.50 bits per heavy atom. The number of nitrogens with zero attached hydrogens (tertiary/aromatic N) is 1. The van der Waals surface area contributed by atoms with Gasteiger partial charge in [0.25, 0.3) is 0 Å². The molecular weight excluding hydrogens is 554 g/mol. The fourth-order valence-electron chi connectivity index (χ4n) is 6.58. The van der Waals surface area contributed by atoms with Crippen LogP contribution in [0.3, 0.4) is 0 Å². The Bertz CT molecular complexity index is 914. The second-order valence-corrected chi connectivity index (χ2v) is 14.1. The molecule has 1 saturated heterocycles. The molecule has 38 heavy (non-hydrogen) atoms. The van der Waals surface area contributed by atoms with Gasteiger partial charge in [-0.25, -0.2) is 12.8 Å². The number of halogens is 5. The van der Waals surface area contributed by atoms with Gasteiger partial charge in [0, 0.05) is 24.3 Å². The molecule has 1 heterocycles. The van der Waals surface area contributed by atoms with Crippen LogP contribution in [0.15, 0.2) is 0 Å². The van der Waals surface area contributed by atoms with Crippen LogP contribution in [-0.2, 0) is 24.3 Å². The lowest BCUT2D eigenvalue weighted by Crippen LogP contribution is -2.61. The molecule has 0 spiro atoms. The van der Waals surface area contributed by atoms with E-state index in [9.17, 15) is 30.8 Å². The fourth-order valence-corrected chi connectivity index (χ4v) is 9.26. The van der Waals surface area contributed by atoms with Crippen LogP contribution in [0.2, 0.25) is 0 Å². The molecule has 4 aliphatic rings. The molecule has 3 saturated carbocycles. The molecule has 7 nitrogen and oxygen atoms in total. The third-order valence-electron chi connectivity index (χ3n) is 8.76. The average molecular weight is 592 g/mol. The highest BCUT2D eigenvalue weighted by Gasteiger charge is 2.51. The van der Waals surface area contributed by atoms with E-state index in [1.807, 2.05) is 0 Å². The second-order valence-electron chi connectivity index (χ2n) is 11.3. The lowest BCUT2D eigenvalue weighted by atomic mass is 9.86. The number of rotatable bonds is 8. The van der Waals surface area contributed by atoms with E-state index in [1.54, 1.807) is 0 Å². The molecule has 220 valence electrons. The first-order valence-corrected chi connectivity index (χ1v) is 15.6. The van der Waals surface area contributed by atoms with Gasteiger partial charge in [-0.1, -0.05) is 6.42 Å². The number of hydrogen-bond acceptors (Lipinski definition) is 5. The average Bonchev–Trinajstić information content (AvgIpc) is 2.86. The number of morpholine rings is 1. The van der Waals surface area contributed by atoms with Gasteiger partial charge >= 0.3 is 12.1 Å². The highest BCUT2D eigenvalue weighted by Crippen LogP contribution is 2.43. The number of fused-ring (bicyclic) bond motifs is 1. The van der Waals surface area contributed by atoms with E-state index in [0.29, 0.717) is 25.7 Å². The molecule has 3 aliphatic carbocycles. The van der Waals surface area contributed by atoms with Crippen LogP contribution in [-0.4, -0.2) is 84.3 Å². The molecular formula is C25H38ClF4NO6S. The van der Waals surface area contributed by atoms with Crippen molar-refractivity contribution in [2.24, 2.45) is 11.8 Å². The fraction of sp³-hybridized carbons (Fsp3) is 0.960. The van der Waals surface area contributed by atoms with Crippen molar-refractivity contribution in [2.75, 3.05) is 13.2 Å². The number of sulfonamides is 1.